The third-order valence-electron chi connectivity index (χ3n) is 1.78. The van der Waals surface area contributed by atoms with Crippen molar-refractivity contribution in [3.63, 3.8) is 0 Å². The lowest BCUT2D eigenvalue weighted by Crippen LogP contribution is -2.02. The molecule has 6 heteroatoms. The zero-order valence-electron chi connectivity index (χ0n) is 7.46. The molecule has 1 N–H and O–H groups in total. The Balaban J connectivity index is 2.45. The third-order valence-corrected chi connectivity index (χ3v) is 2.19. The molecule has 0 amide bonds. The van der Waals surface area contributed by atoms with Crippen LogP contribution in [0.2, 0.25) is 0 Å². The van der Waals surface area contributed by atoms with E-state index in [2.05, 4.69) is 26.0 Å². The van der Waals surface area contributed by atoms with Gasteiger partial charge in [-0.3, -0.25) is 0 Å². The SMILES string of the molecule is O=C(O)c1cc(-n2cc(Br)cn2)ccn1. The fourth-order valence-electron chi connectivity index (χ4n) is 1.12. The lowest BCUT2D eigenvalue weighted by Gasteiger charge is -2.00. The summed E-state index contributed by atoms with van der Waals surface area (Å²) in [6.45, 7) is 0. The summed E-state index contributed by atoms with van der Waals surface area (Å²) in [5.74, 6) is -1.05. The maximum absolute atomic E-state index is 10.7. The van der Waals surface area contributed by atoms with Crippen LogP contribution in [0.15, 0.2) is 35.2 Å². The van der Waals surface area contributed by atoms with E-state index in [9.17, 15) is 4.79 Å². The van der Waals surface area contributed by atoms with Gasteiger partial charge in [-0.15, -0.1) is 0 Å². The summed E-state index contributed by atoms with van der Waals surface area (Å²) >= 11 is 3.26. The predicted octanol–water partition coefficient (Wildman–Crippen LogP) is 1.73. The maximum Gasteiger partial charge on any atom is 0.354 e. The number of carboxylic acids is 1. The Labute approximate surface area is 93.5 Å². The average molecular weight is 268 g/mol. The first-order valence-electron chi connectivity index (χ1n) is 4.07. The van der Waals surface area contributed by atoms with Gasteiger partial charge in [0.2, 0.25) is 0 Å². The molecule has 0 unspecified atom stereocenters. The first-order chi connectivity index (χ1) is 7.16. The van der Waals surface area contributed by atoms with E-state index in [1.807, 2.05) is 0 Å². The molecule has 2 rings (SSSR count). The van der Waals surface area contributed by atoms with Crippen LogP contribution in [0.25, 0.3) is 5.69 Å². The molecule has 0 aliphatic carbocycles. The number of aromatic carboxylic acids is 1. The fraction of sp³-hybridized carbons (Fsp3) is 0. The van der Waals surface area contributed by atoms with Crippen molar-refractivity contribution in [2.24, 2.45) is 0 Å². The molecular weight excluding hydrogens is 262 g/mol. The highest BCUT2D eigenvalue weighted by Gasteiger charge is 2.06. The Morgan fingerprint density at radius 2 is 2.33 bits per heavy atom. The van der Waals surface area contributed by atoms with Crippen molar-refractivity contribution in [3.8, 4) is 5.69 Å². The van der Waals surface area contributed by atoms with Crippen LogP contribution in [0.1, 0.15) is 10.5 Å². The van der Waals surface area contributed by atoms with Gasteiger partial charge < -0.3 is 5.11 Å². The summed E-state index contributed by atoms with van der Waals surface area (Å²) < 4.78 is 2.40. The van der Waals surface area contributed by atoms with Crippen molar-refractivity contribution in [3.05, 3.63) is 40.9 Å². The molecular formula is C9H6BrN3O2. The second-order valence-corrected chi connectivity index (χ2v) is 3.72. The lowest BCUT2D eigenvalue weighted by atomic mass is 10.3. The first kappa shape index (κ1) is 9.85. The molecule has 2 aromatic rings. The van der Waals surface area contributed by atoms with E-state index in [0.29, 0.717) is 5.69 Å². The minimum Gasteiger partial charge on any atom is -0.477 e. The Morgan fingerprint density at radius 3 is 2.93 bits per heavy atom. The second kappa shape index (κ2) is 3.82. The van der Waals surface area contributed by atoms with Crippen LogP contribution in [0, 0.1) is 0 Å². The van der Waals surface area contributed by atoms with E-state index in [4.69, 9.17) is 5.11 Å². The Hall–Kier alpha value is -1.69. The van der Waals surface area contributed by atoms with Crippen molar-refractivity contribution >= 4 is 21.9 Å². The molecule has 5 nitrogen and oxygen atoms in total. The molecule has 0 aliphatic rings. The third kappa shape index (κ3) is 2.04. The molecule has 2 heterocycles. The van der Waals surface area contributed by atoms with Gasteiger partial charge in [-0.25, -0.2) is 14.5 Å². The Morgan fingerprint density at radius 1 is 1.53 bits per heavy atom. The summed E-state index contributed by atoms with van der Waals surface area (Å²) in [5.41, 5.74) is 0.659. The van der Waals surface area contributed by atoms with Crippen molar-refractivity contribution in [2.75, 3.05) is 0 Å². The standard InChI is InChI=1S/C9H6BrN3O2/c10-6-4-12-13(5-6)7-1-2-11-8(3-7)9(14)15/h1-5H,(H,14,15). The van der Waals surface area contributed by atoms with E-state index < -0.39 is 5.97 Å². The lowest BCUT2D eigenvalue weighted by molar-refractivity contribution is 0.0690. The smallest absolute Gasteiger partial charge is 0.354 e. The average Bonchev–Trinajstić information content (AvgIpc) is 2.65. The van der Waals surface area contributed by atoms with Crippen molar-refractivity contribution < 1.29 is 9.90 Å². The fourth-order valence-corrected chi connectivity index (χ4v) is 1.41. The van der Waals surface area contributed by atoms with E-state index in [-0.39, 0.29) is 5.69 Å². The zero-order chi connectivity index (χ0) is 10.8. The van der Waals surface area contributed by atoms with Gasteiger partial charge in [0.25, 0.3) is 0 Å². The molecule has 2 aromatic heterocycles. The van der Waals surface area contributed by atoms with Crippen LogP contribution >= 0.6 is 15.9 Å². The molecule has 76 valence electrons. The van der Waals surface area contributed by atoms with Crippen molar-refractivity contribution in [2.45, 2.75) is 0 Å². The van der Waals surface area contributed by atoms with E-state index in [1.54, 1.807) is 23.1 Å². The summed E-state index contributed by atoms with van der Waals surface area (Å²) in [6.07, 6.45) is 4.80. The summed E-state index contributed by atoms with van der Waals surface area (Å²) in [5, 5.41) is 12.8. The van der Waals surface area contributed by atoms with Gasteiger partial charge in [0, 0.05) is 12.4 Å². The van der Waals surface area contributed by atoms with Crippen LogP contribution in [-0.2, 0) is 0 Å². The maximum atomic E-state index is 10.7. The predicted molar refractivity (Wildman–Crippen MR) is 56.0 cm³/mol. The highest BCUT2D eigenvalue weighted by atomic mass is 79.9. The van der Waals surface area contributed by atoms with Gasteiger partial charge in [0.05, 0.1) is 16.4 Å². The number of pyridine rings is 1. The Kier molecular flexibility index (Phi) is 2.51. The van der Waals surface area contributed by atoms with Crippen LogP contribution in [0.3, 0.4) is 0 Å². The van der Waals surface area contributed by atoms with Crippen molar-refractivity contribution in [1.29, 1.82) is 0 Å². The van der Waals surface area contributed by atoms with Gasteiger partial charge in [0.15, 0.2) is 0 Å². The molecule has 0 fully saturated rings. The molecule has 0 aromatic carbocycles. The number of halogens is 1. The van der Waals surface area contributed by atoms with Gasteiger partial charge >= 0.3 is 5.97 Å². The van der Waals surface area contributed by atoms with Gasteiger partial charge in [-0.05, 0) is 28.1 Å². The number of carbonyl (C=O) groups is 1. The van der Waals surface area contributed by atoms with Crippen LogP contribution in [0.4, 0.5) is 0 Å². The summed E-state index contributed by atoms with van der Waals surface area (Å²) in [6, 6.07) is 3.15. The van der Waals surface area contributed by atoms with Crippen molar-refractivity contribution in [1.82, 2.24) is 14.8 Å². The number of nitrogens with zero attached hydrogens (tertiary/aromatic N) is 3. The van der Waals surface area contributed by atoms with Gasteiger partial charge in [0.1, 0.15) is 5.69 Å². The molecule has 0 saturated heterocycles. The number of rotatable bonds is 2. The molecule has 15 heavy (non-hydrogen) atoms. The first-order valence-corrected chi connectivity index (χ1v) is 4.86. The van der Waals surface area contributed by atoms with Crippen LogP contribution < -0.4 is 0 Å². The van der Waals surface area contributed by atoms with Gasteiger partial charge in [-0.1, -0.05) is 0 Å². The van der Waals surface area contributed by atoms with Crippen LogP contribution in [0.5, 0.6) is 0 Å². The Bertz CT molecular complexity index is 510. The molecule has 0 bridgehead atoms. The zero-order valence-corrected chi connectivity index (χ0v) is 9.05. The minimum atomic E-state index is -1.05. The van der Waals surface area contributed by atoms with E-state index in [1.165, 1.54) is 12.3 Å². The number of hydrogen-bond donors (Lipinski definition) is 1. The molecule has 0 radical (unpaired) electrons. The van der Waals surface area contributed by atoms with Gasteiger partial charge in [-0.2, -0.15) is 5.10 Å². The number of hydrogen-bond acceptors (Lipinski definition) is 3. The van der Waals surface area contributed by atoms with E-state index in [0.717, 1.165) is 4.47 Å². The van der Waals surface area contributed by atoms with Crippen LogP contribution in [-0.4, -0.2) is 25.8 Å². The molecule has 0 aliphatic heterocycles. The molecule has 0 spiro atoms. The highest BCUT2D eigenvalue weighted by Crippen LogP contribution is 2.12. The normalized spacial score (nSPS) is 10.2. The molecule has 0 atom stereocenters. The minimum absolute atomic E-state index is 0.000813. The molecule has 0 saturated carbocycles. The summed E-state index contributed by atoms with van der Waals surface area (Å²) in [4.78, 5) is 14.4. The van der Waals surface area contributed by atoms with E-state index >= 15 is 0 Å². The largest absolute Gasteiger partial charge is 0.477 e. The quantitative estimate of drug-likeness (QED) is 0.900. The number of aromatic nitrogens is 3. The second-order valence-electron chi connectivity index (χ2n) is 2.81. The topological polar surface area (TPSA) is 68.0 Å². The highest BCUT2D eigenvalue weighted by molar-refractivity contribution is 9.10. The number of carboxylic acid groups (broad SMARTS) is 1. The summed E-state index contributed by atoms with van der Waals surface area (Å²) in [7, 11) is 0. The monoisotopic (exact) mass is 267 g/mol.